The molecule has 0 atom stereocenters. The first kappa shape index (κ1) is 17.7. The highest BCUT2D eigenvalue weighted by atomic mass is 35.5. The maximum Gasteiger partial charge on any atom is 0.243 e. The van der Waals surface area contributed by atoms with Crippen LogP contribution < -0.4 is 0 Å². The Morgan fingerprint density at radius 2 is 1.50 bits per heavy atom. The van der Waals surface area contributed by atoms with Crippen LogP contribution in [0, 0.1) is 0 Å². The summed E-state index contributed by atoms with van der Waals surface area (Å²) >= 11 is 11.9. The van der Waals surface area contributed by atoms with E-state index in [9.17, 15) is 8.42 Å². The molecule has 0 spiro atoms. The molecule has 128 valence electrons. The zero-order chi connectivity index (χ0) is 17.2. The van der Waals surface area contributed by atoms with Crippen molar-refractivity contribution in [2.75, 3.05) is 26.2 Å². The minimum atomic E-state index is -3.49. The number of halogens is 2. The van der Waals surface area contributed by atoms with Crippen LogP contribution in [0.3, 0.4) is 0 Å². The lowest BCUT2D eigenvalue weighted by atomic mass is 10.2. The van der Waals surface area contributed by atoms with Crippen LogP contribution in [0.4, 0.5) is 0 Å². The standard InChI is InChI=1S/C17H18Cl2N2O2S/c18-15-4-1-3-14(11-15)13-20-7-9-21(10-8-20)24(22,23)17-6-2-5-16(19)12-17/h1-6,11-12H,7-10,13H2. The predicted molar refractivity (Wildman–Crippen MR) is 96.9 cm³/mol. The van der Waals surface area contributed by atoms with Crippen LogP contribution in [-0.2, 0) is 16.6 Å². The van der Waals surface area contributed by atoms with Gasteiger partial charge < -0.3 is 0 Å². The van der Waals surface area contributed by atoms with E-state index in [0.29, 0.717) is 31.2 Å². The number of piperazine rings is 1. The highest BCUT2D eigenvalue weighted by Crippen LogP contribution is 2.21. The van der Waals surface area contributed by atoms with E-state index in [1.54, 1.807) is 18.2 Å². The summed E-state index contributed by atoms with van der Waals surface area (Å²) in [6, 6.07) is 14.2. The lowest BCUT2D eigenvalue weighted by Crippen LogP contribution is -2.48. The van der Waals surface area contributed by atoms with Gasteiger partial charge in [-0.1, -0.05) is 41.4 Å². The number of rotatable bonds is 4. The van der Waals surface area contributed by atoms with E-state index < -0.39 is 10.0 Å². The Labute approximate surface area is 152 Å². The van der Waals surface area contributed by atoms with Crippen molar-refractivity contribution >= 4 is 33.2 Å². The van der Waals surface area contributed by atoms with Crippen molar-refractivity contribution in [3.63, 3.8) is 0 Å². The summed E-state index contributed by atoms with van der Waals surface area (Å²) in [5.41, 5.74) is 1.13. The van der Waals surface area contributed by atoms with Gasteiger partial charge in [0.15, 0.2) is 0 Å². The zero-order valence-electron chi connectivity index (χ0n) is 13.0. The van der Waals surface area contributed by atoms with Gasteiger partial charge in [0.2, 0.25) is 10.0 Å². The molecule has 3 rings (SSSR count). The monoisotopic (exact) mass is 384 g/mol. The van der Waals surface area contributed by atoms with Gasteiger partial charge in [-0.2, -0.15) is 4.31 Å². The highest BCUT2D eigenvalue weighted by Gasteiger charge is 2.28. The Hall–Kier alpha value is -1.11. The van der Waals surface area contributed by atoms with E-state index in [-0.39, 0.29) is 4.90 Å². The van der Waals surface area contributed by atoms with Crippen molar-refractivity contribution in [2.24, 2.45) is 0 Å². The van der Waals surface area contributed by atoms with E-state index >= 15 is 0 Å². The average Bonchev–Trinajstić information content (AvgIpc) is 2.55. The number of benzene rings is 2. The number of hydrogen-bond donors (Lipinski definition) is 0. The molecule has 0 amide bonds. The quantitative estimate of drug-likeness (QED) is 0.809. The zero-order valence-corrected chi connectivity index (χ0v) is 15.4. The van der Waals surface area contributed by atoms with Gasteiger partial charge in [0.25, 0.3) is 0 Å². The highest BCUT2D eigenvalue weighted by molar-refractivity contribution is 7.89. The summed E-state index contributed by atoms with van der Waals surface area (Å²) in [6.07, 6.45) is 0. The smallest absolute Gasteiger partial charge is 0.243 e. The van der Waals surface area contributed by atoms with Gasteiger partial charge in [-0.05, 0) is 35.9 Å². The van der Waals surface area contributed by atoms with Crippen LogP contribution in [0.15, 0.2) is 53.4 Å². The van der Waals surface area contributed by atoms with E-state index in [1.165, 1.54) is 10.4 Å². The van der Waals surface area contributed by atoms with Crippen LogP contribution in [0.1, 0.15) is 5.56 Å². The molecule has 0 saturated carbocycles. The second kappa shape index (κ2) is 7.42. The molecule has 2 aromatic carbocycles. The van der Waals surface area contributed by atoms with Crippen molar-refractivity contribution in [1.29, 1.82) is 0 Å². The summed E-state index contributed by atoms with van der Waals surface area (Å²) in [7, 11) is -3.49. The molecule has 1 fully saturated rings. The van der Waals surface area contributed by atoms with Crippen LogP contribution in [0.2, 0.25) is 10.0 Å². The minimum absolute atomic E-state index is 0.248. The third kappa shape index (κ3) is 4.10. The van der Waals surface area contributed by atoms with Crippen molar-refractivity contribution in [1.82, 2.24) is 9.21 Å². The Kier molecular flexibility index (Phi) is 5.47. The van der Waals surface area contributed by atoms with Crippen molar-refractivity contribution < 1.29 is 8.42 Å². The number of sulfonamides is 1. The topological polar surface area (TPSA) is 40.6 Å². The van der Waals surface area contributed by atoms with E-state index in [1.807, 2.05) is 24.3 Å². The van der Waals surface area contributed by atoms with Gasteiger partial charge >= 0.3 is 0 Å². The van der Waals surface area contributed by atoms with Crippen LogP contribution in [-0.4, -0.2) is 43.8 Å². The summed E-state index contributed by atoms with van der Waals surface area (Å²) < 4.78 is 26.9. The minimum Gasteiger partial charge on any atom is -0.296 e. The van der Waals surface area contributed by atoms with Crippen molar-refractivity contribution in [3.8, 4) is 0 Å². The molecule has 1 aliphatic heterocycles. The molecule has 2 aromatic rings. The molecular weight excluding hydrogens is 367 g/mol. The molecule has 0 aromatic heterocycles. The molecule has 1 aliphatic rings. The Morgan fingerprint density at radius 3 is 2.12 bits per heavy atom. The van der Waals surface area contributed by atoms with Gasteiger partial charge in [0.1, 0.15) is 0 Å². The normalized spacial score (nSPS) is 17.1. The fourth-order valence-electron chi connectivity index (χ4n) is 2.80. The SMILES string of the molecule is O=S(=O)(c1cccc(Cl)c1)N1CCN(Cc2cccc(Cl)c2)CC1. The van der Waals surface area contributed by atoms with Gasteiger partial charge in [-0.3, -0.25) is 4.90 Å². The van der Waals surface area contributed by atoms with Crippen LogP contribution in [0.5, 0.6) is 0 Å². The first-order valence-electron chi connectivity index (χ1n) is 7.68. The third-order valence-corrected chi connectivity index (χ3v) is 6.43. The molecular formula is C17H18Cl2N2O2S. The maximum atomic E-state index is 12.7. The van der Waals surface area contributed by atoms with Gasteiger partial charge in [-0.15, -0.1) is 0 Å². The van der Waals surface area contributed by atoms with Gasteiger partial charge in [-0.25, -0.2) is 8.42 Å². The fraction of sp³-hybridized carbons (Fsp3) is 0.294. The predicted octanol–water partition coefficient (Wildman–Crippen LogP) is 3.50. The van der Waals surface area contributed by atoms with Crippen LogP contribution in [0.25, 0.3) is 0 Å². The molecule has 1 saturated heterocycles. The molecule has 0 N–H and O–H groups in total. The lowest BCUT2D eigenvalue weighted by molar-refractivity contribution is 0.181. The Morgan fingerprint density at radius 1 is 0.875 bits per heavy atom. The van der Waals surface area contributed by atoms with Crippen LogP contribution >= 0.6 is 23.2 Å². The molecule has 1 heterocycles. The first-order chi connectivity index (χ1) is 11.4. The van der Waals surface area contributed by atoms with Crippen molar-refractivity contribution in [2.45, 2.75) is 11.4 Å². The summed E-state index contributed by atoms with van der Waals surface area (Å²) in [4.78, 5) is 2.48. The van der Waals surface area contributed by atoms with E-state index in [4.69, 9.17) is 23.2 Å². The van der Waals surface area contributed by atoms with E-state index in [0.717, 1.165) is 17.1 Å². The van der Waals surface area contributed by atoms with Gasteiger partial charge in [0.05, 0.1) is 4.90 Å². The average molecular weight is 385 g/mol. The number of nitrogens with zero attached hydrogens (tertiary/aromatic N) is 2. The third-order valence-electron chi connectivity index (χ3n) is 4.06. The molecule has 0 aliphatic carbocycles. The van der Waals surface area contributed by atoms with E-state index in [2.05, 4.69) is 4.90 Å². The number of hydrogen-bond acceptors (Lipinski definition) is 3. The first-order valence-corrected chi connectivity index (χ1v) is 9.87. The second-order valence-corrected chi connectivity index (χ2v) is 8.58. The molecule has 0 unspecified atom stereocenters. The summed E-state index contributed by atoms with van der Waals surface area (Å²) in [5.74, 6) is 0. The van der Waals surface area contributed by atoms with Crippen molar-refractivity contribution in [3.05, 3.63) is 64.1 Å². The summed E-state index contributed by atoms with van der Waals surface area (Å²) in [5, 5.41) is 1.14. The summed E-state index contributed by atoms with van der Waals surface area (Å²) in [6.45, 7) is 3.08. The fourth-order valence-corrected chi connectivity index (χ4v) is 4.73. The molecule has 4 nitrogen and oxygen atoms in total. The lowest BCUT2D eigenvalue weighted by Gasteiger charge is -2.34. The maximum absolute atomic E-state index is 12.7. The molecule has 0 radical (unpaired) electrons. The molecule has 24 heavy (non-hydrogen) atoms. The largest absolute Gasteiger partial charge is 0.296 e. The second-order valence-electron chi connectivity index (χ2n) is 5.77. The molecule has 7 heteroatoms. The Balaban J connectivity index is 1.64. The van der Waals surface area contributed by atoms with Gasteiger partial charge in [0, 0.05) is 42.8 Å². The molecule has 0 bridgehead atoms. The Bertz CT molecular complexity index is 819.